The lowest BCUT2D eigenvalue weighted by atomic mass is 10.1. The summed E-state index contributed by atoms with van der Waals surface area (Å²) in [6.45, 7) is 4.96. The quantitative estimate of drug-likeness (QED) is 0.717. The predicted molar refractivity (Wildman–Crippen MR) is 105 cm³/mol. The van der Waals surface area contributed by atoms with Crippen LogP contribution >= 0.6 is 0 Å². The van der Waals surface area contributed by atoms with Gasteiger partial charge in [-0.15, -0.1) is 0 Å². The first-order chi connectivity index (χ1) is 13.2. The molecule has 0 spiro atoms. The van der Waals surface area contributed by atoms with E-state index in [2.05, 4.69) is 21.8 Å². The number of hydrogen-bond acceptors (Lipinski definition) is 5. The molecule has 0 radical (unpaired) electrons. The summed E-state index contributed by atoms with van der Waals surface area (Å²) in [6, 6.07) is 11.7. The van der Waals surface area contributed by atoms with E-state index in [1.54, 1.807) is 13.3 Å². The zero-order valence-corrected chi connectivity index (χ0v) is 15.6. The Bertz CT molecular complexity index is 981. The lowest BCUT2D eigenvalue weighted by molar-refractivity contribution is 0.0740. The van der Waals surface area contributed by atoms with Crippen molar-refractivity contribution in [3.05, 3.63) is 60.0 Å². The minimum Gasteiger partial charge on any atom is -0.481 e. The van der Waals surface area contributed by atoms with Crippen LogP contribution in [0.1, 0.15) is 16.1 Å². The van der Waals surface area contributed by atoms with Crippen LogP contribution in [-0.4, -0.2) is 54.1 Å². The molecule has 27 heavy (non-hydrogen) atoms. The van der Waals surface area contributed by atoms with Gasteiger partial charge in [-0.2, -0.15) is 0 Å². The fraction of sp³-hybridized carbons (Fsp3) is 0.286. The fourth-order valence-electron chi connectivity index (χ4n) is 3.53. The molecule has 1 amide bonds. The Morgan fingerprint density at radius 2 is 1.89 bits per heavy atom. The topological polar surface area (TPSA) is 58.6 Å². The van der Waals surface area contributed by atoms with E-state index in [-0.39, 0.29) is 5.91 Å². The molecule has 1 aromatic carbocycles. The van der Waals surface area contributed by atoms with E-state index in [9.17, 15) is 4.79 Å². The summed E-state index contributed by atoms with van der Waals surface area (Å²) in [5.74, 6) is 0.433. The number of aryl methyl sites for hydroxylation is 1. The summed E-state index contributed by atoms with van der Waals surface area (Å²) in [7, 11) is 1.58. The maximum Gasteiger partial charge on any atom is 0.272 e. The van der Waals surface area contributed by atoms with Gasteiger partial charge in [0.15, 0.2) is 0 Å². The third kappa shape index (κ3) is 3.30. The van der Waals surface area contributed by atoms with Gasteiger partial charge in [0.2, 0.25) is 5.88 Å². The summed E-state index contributed by atoms with van der Waals surface area (Å²) in [4.78, 5) is 25.8. The van der Waals surface area contributed by atoms with E-state index in [1.807, 2.05) is 47.5 Å². The normalized spacial score (nSPS) is 14.4. The molecule has 0 saturated carbocycles. The van der Waals surface area contributed by atoms with Crippen LogP contribution in [0.2, 0.25) is 0 Å². The van der Waals surface area contributed by atoms with Crippen LogP contribution in [0.15, 0.2) is 48.8 Å². The van der Waals surface area contributed by atoms with Gasteiger partial charge in [-0.3, -0.25) is 9.78 Å². The van der Waals surface area contributed by atoms with E-state index >= 15 is 0 Å². The predicted octanol–water partition coefficient (Wildman–Crippen LogP) is 2.91. The minimum atomic E-state index is -0.0541. The second kappa shape index (κ2) is 7.23. The minimum absolute atomic E-state index is 0.0541. The van der Waals surface area contributed by atoms with Gasteiger partial charge in [-0.05, 0) is 36.1 Å². The number of methoxy groups -OCH3 is 1. The highest BCUT2D eigenvalue weighted by Gasteiger charge is 2.24. The van der Waals surface area contributed by atoms with E-state index in [4.69, 9.17) is 4.74 Å². The van der Waals surface area contributed by atoms with Gasteiger partial charge in [-0.1, -0.05) is 18.2 Å². The lowest BCUT2D eigenvalue weighted by Gasteiger charge is -2.36. The number of aromatic nitrogens is 2. The summed E-state index contributed by atoms with van der Waals surface area (Å²) >= 11 is 0. The number of fused-ring (bicyclic) bond motifs is 1. The van der Waals surface area contributed by atoms with Crippen LogP contribution in [0.3, 0.4) is 0 Å². The Labute approximate surface area is 158 Å². The number of nitrogens with zero attached hydrogens (tertiary/aromatic N) is 4. The second-order valence-corrected chi connectivity index (χ2v) is 6.68. The van der Waals surface area contributed by atoms with E-state index in [1.165, 1.54) is 5.56 Å². The zero-order valence-electron chi connectivity index (χ0n) is 15.6. The standard InChI is InChI=1S/C21H22N4O2/c1-15-7-8-22-14-19(15)24-9-11-25(12-10-24)21(26)18-13-16-5-3-4-6-17(16)20(23-18)27-2/h3-8,13-14H,9-12H2,1-2H3. The fourth-order valence-corrected chi connectivity index (χ4v) is 3.53. The molecule has 2 aromatic heterocycles. The third-order valence-corrected chi connectivity index (χ3v) is 5.04. The van der Waals surface area contributed by atoms with Crippen LogP contribution < -0.4 is 9.64 Å². The number of carbonyl (C=O) groups is 1. The molecule has 0 unspecified atom stereocenters. The number of hydrogen-bond donors (Lipinski definition) is 0. The summed E-state index contributed by atoms with van der Waals surface area (Å²) in [6.07, 6.45) is 3.69. The second-order valence-electron chi connectivity index (χ2n) is 6.68. The van der Waals surface area contributed by atoms with Crippen molar-refractivity contribution in [2.24, 2.45) is 0 Å². The van der Waals surface area contributed by atoms with Gasteiger partial charge in [0.05, 0.1) is 19.0 Å². The highest BCUT2D eigenvalue weighted by Crippen LogP contribution is 2.25. The number of piperazine rings is 1. The van der Waals surface area contributed by atoms with Crippen molar-refractivity contribution < 1.29 is 9.53 Å². The van der Waals surface area contributed by atoms with Gasteiger partial charge in [0, 0.05) is 37.8 Å². The Morgan fingerprint density at radius 3 is 2.63 bits per heavy atom. The molecule has 1 aliphatic rings. The number of anilines is 1. The number of ether oxygens (including phenoxy) is 1. The number of amides is 1. The first-order valence-corrected chi connectivity index (χ1v) is 9.06. The van der Waals surface area contributed by atoms with Gasteiger partial charge < -0.3 is 14.5 Å². The molecule has 6 heteroatoms. The first kappa shape index (κ1) is 17.3. The SMILES string of the molecule is COc1nc(C(=O)N2CCN(c3cnccc3C)CC2)cc2ccccc12. The lowest BCUT2D eigenvalue weighted by Crippen LogP contribution is -2.49. The zero-order chi connectivity index (χ0) is 18.8. The summed E-state index contributed by atoms with van der Waals surface area (Å²) in [5.41, 5.74) is 2.76. The molecular formula is C21H22N4O2. The molecule has 3 aromatic rings. The Balaban J connectivity index is 1.53. The Hall–Kier alpha value is -3.15. The van der Waals surface area contributed by atoms with Crippen molar-refractivity contribution in [1.82, 2.24) is 14.9 Å². The number of rotatable bonds is 3. The molecule has 1 aliphatic heterocycles. The van der Waals surface area contributed by atoms with Crippen molar-refractivity contribution >= 4 is 22.4 Å². The number of carbonyl (C=O) groups excluding carboxylic acids is 1. The van der Waals surface area contributed by atoms with Gasteiger partial charge in [0.1, 0.15) is 5.69 Å². The van der Waals surface area contributed by atoms with Crippen LogP contribution in [0, 0.1) is 6.92 Å². The molecule has 0 atom stereocenters. The highest BCUT2D eigenvalue weighted by atomic mass is 16.5. The molecule has 0 N–H and O–H groups in total. The summed E-state index contributed by atoms with van der Waals surface area (Å²) in [5, 5.41) is 1.87. The molecule has 4 rings (SSSR count). The summed E-state index contributed by atoms with van der Waals surface area (Å²) < 4.78 is 5.40. The van der Waals surface area contributed by atoms with E-state index < -0.39 is 0 Å². The molecule has 138 valence electrons. The van der Waals surface area contributed by atoms with Crippen molar-refractivity contribution in [3.63, 3.8) is 0 Å². The Kier molecular flexibility index (Phi) is 4.62. The Morgan fingerprint density at radius 1 is 1.11 bits per heavy atom. The van der Waals surface area contributed by atoms with E-state index in [0.717, 1.165) is 29.5 Å². The first-order valence-electron chi connectivity index (χ1n) is 9.06. The molecular weight excluding hydrogens is 340 g/mol. The number of pyridine rings is 2. The molecule has 3 heterocycles. The van der Waals surface area contributed by atoms with Crippen molar-refractivity contribution in [1.29, 1.82) is 0 Å². The third-order valence-electron chi connectivity index (χ3n) is 5.04. The van der Waals surface area contributed by atoms with Crippen molar-refractivity contribution in [2.75, 3.05) is 38.2 Å². The maximum absolute atomic E-state index is 13.0. The van der Waals surface area contributed by atoms with Crippen molar-refractivity contribution in [2.45, 2.75) is 6.92 Å². The molecule has 0 bridgehead atoms. The van der Waals surface area contributed by atoms with Crippen LogP contribution in [0.25, 0.3) is 10.8 Å². The maximum atomic E-state index is 13.0. The molecule has 6 nitrogen and oxygen atoms in total. The van der Waals surface area contributed by atoms with Gasteiger partial charge in [-0.25, -0.2) is 4.98 Å². The van der Waals surface area contributed by atoms with E-state index in [0.29, 0.717) is 24.7 Å². The largest absolute Gasteiger partial charge is 0.481 e. The van der Waals surface area contributed by atoms with Crippen LogP contribution in [0.5, 0.6) is 5.88 Å². The van der Waals surface area contributed by atoms with Crippen molar-refractivity contribution in [3.8, 4) is 5.88 Å². The molecule has 1 saturated heterocycles. The average molecular weight is 362 g/mol. The van der Waals surface area contributed by atoms with Crippen LogP contribution in [0.4, 0.5) is 5.69 Å². The van der Waals surface area contributed by atoms with Gasteiger partial charge >= 0.3 is 0 Å². The highest BCUT2D eigenvalue weighted by molar-refractivity contribution is 5.98. The van der Waals surface area contributed by atoms with Crippen LogP contribution in [-0.2, 0) is 0 Å². The smallest absolute Gasteiger partial charge is 0.272 e. The molecule has 1 fully saturated rings. The monoisotopic (exact) mass is 362 g/mol. The average Bonchev–Trinajstić information content (AvgIpc) is 2.73. The molecule has 0 aliphatic carbocycles. The number of benzene rings is 1. The van der Waals surface area contributed by atoms with Gasteiger partial charge in [0.25, 0.3) is 5.91 Å².